The van der Waals surface area contributed by atoms with Gasteiger partial charge >= 0.3 is 0 Å². The fraction of sp³-hybridized carbons (Fsp3) is 0.529. The van der Waals surface area contributed by atoms with Crippen molar-refractivity contribution < 1.29 is 9.59 Å². The van der Waals surface area contributed by atoms with Gasteiger partial charge in [0.25, 0.3) is 0 Å². The van der Waals surface area contributed by atoms with E-state index < -0.39 is 6.04 Å². The van der Waals surface area contributed by atoms with Crippen molar-refractivity contribution in [3.63, 3.8) is 0 Å². The third-order valence-corrected chi connectivity index (χ3v) is 4.36. The summed E-state index contributed by atoms with van der Waals surface area (Å²) >= 11 is 5.86. The van der Waals surface area contributed by atoms with Crippen LogP contribution in [0, 0.1) is 0 Å². The normalized spacial score (nSPS) is 15.4. The number of nitrogens with zero attached hydrogens (tertiary/aromatic N) is 2. The van der Waals surface area contributed by atoms with Crippen LogP contribution in [0.25, 0.3) is 0 Å². The molecule has 0 aromatic heterocycles. The summed E-state index contributed by atoms with van der Waals surface area (Å²) in [6.07, 6.45) is 0.495. The summed E-state index contributed by atoms with van der Waals surface area (Å²) in [6, 6.07) is 6.82. The first-order chi connectivity index (χ1) is 11.5. The molecule has 1 aromatic rings. The van der Waals surface area contributed by atoms with Crippen LogP contribution in [-0.4, -0.2) is 66.9 Å². The number of halogens is 3. The maximum atomic E-state index is 12.5. The Morgan fingerprint density at radius 1 is 1.15 bits per heavy atom. The molecule has 2 rings (SSSR count). The van der Waals surface area contributed by atoms with Gasteiger partial charge in [-0.25, -0.2) is 0 Å². The molecular formula is C17H27Cl3N4O2. The highest BCUT2D eigenvalue weighted by molar-refractivity contribution is 6.30. The Labute approximate surface area is 172 Å². The predicted molar refractivity (Wildman–Crippen MR) is 109 cm³/mol. The van der Waals surface area contributed by atoms with Crippen molar-refractivity contribution in [2.75, 3.05) is 39.3 Å². The molecule has 1 aromatic carbocycles. The molecule has 1 heterocycles. The van der Waals surface area contributed by atoms with Gasteiger partial charge in [0, 0.05) is 37.7 Å². The lowest BCUT2D eigenvalue weighted by Gasteiger charge is -2.35. The molecule has 1 saturated heterocycles. The number of likely N-dealkylation sites (N-methyl/N-ethyl adjacent to an activating group) is 1. The zero-order valence-electron chi connectivity index (χ0n) is 14.8. The van der Waals surface area contributed by atoms with Crippen LogP contribution in [0.4, 0.5) is 0 Å². The van der Waals surface area contributed by atoms with Gasteiger partial charge < -0.3 is 16.0 Å². The number of hydrogen-bond acceptors (Lipinski definition) is 4. The number of nitrogens with one attached hydrogen (secondary N) is 1. The second-order valence-electron chi connectivity index (χ2n) is 5.99. The SMILES string of the molecule is CCNC(=O)CN1CCN(C(=O)[C@H](N)Cc2ccc(Cl)cc2)CC1.Cl.Cl. The molecule has 0 unspecified atom stereocenters. The average molecular weight is 426 g/mol. The topological polar surface area (TPSA) is 78.7 Å². The minimum absolute atomic E-state index is 0. The first kappa shape index (κ1) is 24.9. The van der Waals surface area contributed by atoms with E-state index in [1.165, 1.54) is 0 Å². The molecule has 0 radical (unpaired) electrons. The van der Waals surface area contributed by atoms with E-state index in [0.717, 1.165) is 5.56 Å². The maximum absolute atomic E-state index is 12.5. The monoisotopic (exact) mass is 424 g/mol. The lowest BCUT2D eigenvalue weighted by Crippen LogP contribution is -2.54. The third kappa shape index (κ3) is 7.68. The number of nitrogens with two attached hydrogens (primary N) is 1. The first-order valence-corrected chi connectivity index (χ1v) is 8.65. The minimum atomic E-state index is -0.555. The lowest BCUT2D eigenvalue weighted by molar-refractivity contribution is -0.134. The van der Waals surface area contributed by atoms with Crippen LogP contribution in [0.15, 0.2) is 24.3 Å². The van der Waals surface area contributed by atoms with Crippen LogP contribution in [0.3, 0.4) is 0 Å². The quantitative estimate of drug-likeness (QED) is 0.721. The van der Waals surface area contributed by atoms with Gasteiger partial charge in [0.05, 0.1) is 12.6 Å². The van der Waals surface area contributed by atoms with Gasteiger partial charge in [-0.1, -0.05) is 23.7 Å². The molecule has 0 bridgehead atoms. The van der Waals surface area contributed by atoms with Crippen molar-refractivity contribution >= 4 is 48.2 Å². The number of piperazine rings is 1. The molecule has 0 spiro atoms. The maximum Gasteiger partial charge on any atom is 0.239 e. The fourth-order valence-electron chi connectivity index (χ4n) is 2.78. The number of rotatable bonds is 6. The molecule has 3 N–H and O–H groups in total. The highest BCUT2D eigenvalue weighted by atomic mass is 35.5. The first-order valence-electron chi connectivity index (χ1n) is 8.27. The number of benzene rings is 1. The van der Waals surface area contributed by atoms with Gasteiger partial charge in [0.15, 0.2) is 0 Å². The summed E-state index contributed by atoms with van der Waals surface area (Å²) in [7, 11) is 0. The molecule has 2 amide bonds. The van der Waals surface area contributed by atoms with Crippen molar-refractivity contribution in [1.29, 1.82) is 0 Å². The predicted octanol–water partition coefficient (Wildman–Crippen LogP) is 1.33. The zero-order chi connectivity index (χ0) is 17.5. The summed E-state index contributed by atoms with van der Waals surface area (Å²) in [5, 5.41) is 3.45. The van der Waals surface area contributed by atoms with E-state index in [4.69, 9.17) is 17.3 Å². The molecular weight excluding hydrogens is 399 g/mol. The van der Waals surface area contributed by atoms with E-state index in [0.29, 0.717) is 50.7 Å². The summed E-state index contributed by atoms with van der Waals surface area (Å²) in [5.74, 6) is -0.0145. The van der Waals surface area contributed by atoms with Crippen LogP contribution in [-0.2, 0) is 16.0 Å². The van der Waals surface area contributed by atoms with E-state index in [-0.39, 0.29) is 36.6 Å². The molecule has 1 atom stereocenters. The number of amides is 2. The number of hydrogen-bond donors (Lipinski definition) is 2. The Hall–Kier alpha value is -1.05. The van der Waals surface area contributed by atoms with Crippen molar-refractivity contribution in [2.45, 2.75) is 19.4 Å². The van der Waals surface area contributed by atoms with Crippen LogP contribution in [0.2, 0.25) is 5.02 Å². The van der Waals surface area contributed by atoms with Gasteiger partial charge in [-0.15, -0.1) is 24.8 Å². The van der Waals surface area contributed by atoms with Gasteiger partial charge in [-0.3, -0.25) is 14.5 Å². The highest BCUT2D eigenvalue weighted by Gasteiger charge is 2.26. The average Bonchev–Trinajstić information content (AvgIpc) is 2.57. The van der Waals surface area contributed by atoms with E-state index in [1.54, 1.807) is 17.0 Å². The largest absolute Gasteiger partial charge is 0.355 e. The van der Waals surface area contributed by atoms with Crippen molar-refractivity contribution in [1.82, 2.24) is 15.1 Å². The Kier molecular flexibility index (Phi) is 11.9. The summed E-state index contributed by atoms with van der Waals surface area (Å²) in [5.41, 5.74) is 7.07. The number of carbonyl (C=O) groups is 2. The standard InChI is InChI=1S/C17H25ClN4O2.2ClH/c1-2-20-16(23)12-21-7-9-22(10-8-21)17(24)15(19)11-13-3-5-14(18)6-4-13;;/h3-6,15H,2,7-12,19H2,1H3,(H,20,23);2*1H/t15-;;/m1../s1. The molecule has 1 aliphatic rings. The molecule has 148 valence electrons. The summed E-state index contributed by atoms with van der Waals surface area (Å²) in [4.78, 5) is 27.9. The Morgan fingerprint density at radius 2 is 1.73 bits per heavy atom. The van der Waals surface area contributed by atoms with Gasteiger partial charge in [-0.05, 0) is 31.0 Å². The van der Waals surface area contributed by atoms with Crippen LogP contribution in [0.5, 0.6) is 0 Å². The lowest BCUT2D eigenvalue weighted by atomic mass is 10.1. The van der Waals surface area contributed by atoms with Crippen molar-refractivity contribution in [3.8, 4) is 0 Å². The highest BCUT2D eigenvalue weighted by Crippen LogP contribution is 2.12. The number of carbonyl (C=O) groups excluding carboxylic acids is 2. The fourth-order valence-corrected chi connectivity index (χ4v) is 2.90. The second kappa shape index (κ2) is 12.4. The molecule has 0 saturated carbocycles. The Morgan fingerprint density at radius 3 is 2.27 bits per heavy atom. The minimum Gasteiger partial charge on any atom is -0.355 e. The van der Waals surface area contributed by atoms with E-state index in [9.17, 15) is 9.59 Å². The molecule has 6 nitrogen and oxygen atoms in total. The van der Waals surface area contributed by atoms with Gasteiger partial charge in [0.2, 0.25) is 11.8 Å². The van der Waals surface area contributed by atoms with Crippen LogP contribution in [0.1, 0.15) is 12.5 Å². The van der Waals surface area contributed by atoms with Crippen LogP contribution >= 0.6 is 36.4 Å². The van der Waals surface area contributed by atoms with Gasteiger partial charge in [0.1, 0.15) is 0 Å². The van der Waals surface area contributed by atoms with E-state index in [2.05, 4.69) is 10.2 Å². The zero-order valence-corrected chi connectivity index (χ0v) is 17.2. The molecule has 1 aliphatic heterocycles. The summed E-state index contributed by atoms with van der Waals surface area (Å²) < 4.78 is 0. The molecule has 9 heteroatoms. The smallest absolute Gasteiger partial charge is 0.239 e. The van der Waals surface area contributed by atoms with Crippen molar-refractivity contribution in [3.05, 3.63) is 34.9 Å². The molecule has 0 aliphatic carbocycles. The third-order valence-electron chi connectivity index (χ3n) is 4.11. The summed E-state index contributed by atoms with van der Waals surface area (Å²) in [6.45, 7) is 5.51. The van der Waals surface area contributed by atoms with Crippen LogP contribution < -0.4 is 11.1 Å². The van der Waals surface area contributed by atoms with E-state index >= 15 is 0 Å². The van der Waals surface area contributed by atoms with E-state index in [1.807, 2.05) is 19.1 Å². The van der Waals surface area contributed by atoms with Crippen molar-refractivity contribution in [2.24, 2.45) is 5.73 Å². The van der Waals surface area contributed by atoms with Gasteiger partial charge in [-0.2, -0.15) is 0 Å². The Balaban J connectivity index is 0.00000312. The Bertz CT molecular complexity index is 564. The molecule has 26 heavy (non-hydrogen) atoms. The molecule has 1 fully saturated rings. The second-order valence-corrected chi connectivity index (χ2v) is 6.43.